The van der Waals surface area contributed by atoms with Gasteiger partial charge in [-0.25, -0.2) is 9.67 Å². The lowest BCUT2D eigenvalue weighted by Crippen LogP contribution is -2.08. The molecule has 2 aromatic rings. The first-order valence-electron chi connectivity index (χ1n) is 5.47. The van der Waals surface area contributed by atoms with Gasteiger partial charge < -0.3 is 10.1 Å². The standard InChI is InChI=1S/C12H16N4O/c1-13-7-12-14-9-16(15-12)8-10-4-3-5-11(6-10)17-2/h3-6,9,13H,7-8H2,1-2H3. The van der Waals surface area contributed by atoms with Gasteiger partial charge in [-0.3, -0.25) is 0 Å². The van der Waals surface area contributed by atoms with Crippen LogP contribution in [0.4, 0.5) is 0 Å². The van der Waals surface area contributed by atoms with Crippen LogP contribution in [0.1, 0.15) is 11.4 Å². The maximum atomic E-state index is 5.18. The topological polar surface area (TPSA) is 52.0 Å². The Kier molecular flexibility index (Phi) is 3.72. The summed E-state index contributed by atoms with van der Waals surface area (Å²) in [7, 11) is 3.54. The Morgan fingerprint density at radius 3 is 3.06 bits per heavy atom. The van der Waals surface area contributed by atoms with E-state index in [2.05, 4.69) is 15.4 Å². The van der Waals surface area contributed by atoms with E-state index < -0.39 is 0 Å². The predicted octanol–water partition coefficient (Wildman–Crippen LogP) is 1.05. The lowest BCUT2D eigenvalue weighted by atomic mass is 10.2. The van der Waals surface area contributed by atoms with E-state index in [9.17, 15) is 0 Å². The highest BCUT2D eigenvalue weighted by Gasteiger charge is 2.01. The largest absolute Gasteiger partial charge is 0.497 e. The van der Waals surface area contributed by atoms with E-state index in [4.69, 9.17) is 4.74 Å². The van der Waals surface area contributed by atoms with E-state index in [0.717, 1.165) is 17.1 Å². The van der Waals surface area contributed by atoms with Crippen molar-refractivity contribution in [2.45, 2.75) is 13.1 Å². The van der Waals surface area contributed by atoms with Crippen LogP contribution < -0.4 is 10.1 Å². The molecule has 5 nitrogen and oxygen atoms in total. The molecule has 0 amide bonds. The number of benzene rings is 1. The maximum absolute atomic E-state index is 5.18. The minimum absolute atomic E-state index is 0.686. The SMILES string of the molecule is CNCc1ncn(Cc2cccc(OC)c2)n1. The number of aromatic nitrogens is 3. The van der Waals surface area contributed by atoms with E-state index in [1.807, 2.05) is 36.0 Å². The molecule has 0 unspecified atom stereocenters. The highest BCUT2D eigenvalue weighted by Crippen LogP contribution is 2.13. The van der Waals surface area contributed by atoms with Crippen molar-refractivity contribution >= 4 is 0 Å². The van der Waals surface area contributed by atoms with Crippen LogP contribution in [0.25, 0.3) is 0 Å². The minimum atomic E-state index is 0.686. The highest BCUT2D eigenvalue weighted by atomic mass is 16.5. The van der Waals surface area contributed by atoms with Crippen LogP contribution in [0.2, 0.25) is 0 Å². The van der Waals surface area contributed by atoms with Gasteiger partial charge in [0.1, 0.15) is 12.1 Å². The Labute approximate surface area is 100 Å². The van der Waals surface area contributed by atoms with Gasteiger partial charge in [0, 0.05) is 0 Å². The van der Waals surface area contributed by atoms with Crippen LogP contribution >= 0.6 is 0 Å². The van der Waals surface area contributed by atoms with Crippen LogP contribution in [-0.4, -0.2) is 28.9 Å². The van der Waals surface area contributed by atoms with Crippen molar-refractivity contribution in [3.05, 3.63) is 42.0 Å². The van der Waals surface area contributed by atoms with Crippen molar-refractivity contribution < 1.29 is 4.74 Å². The van der Waals surface area contributed by atoms with Crippen molar-refractivity contribution in [2.75, 3.05) is 14.2 Å². The molecule has 1 heterocycles. The number of nitrogens with one attached hydrogen (secondary N) is 1. The molecule has 0 spiro atoms. The zero-order chi connectivity index (χ0) is 12.1. The third-order valence-electron chi connectivity index (χ3n) is 2.40. The van der Waals surface area contributed by atoms with Gasteiger partial charge in [0.2, 0.25) is 0 Å². The summed E-state index contributed by atoms with van der Waals surface area (Å²) in [6.07, 6.45) is 1.74. The minimum Gasteiger partial charge on any atom is -0.497 e. The van der Waals surface area contributed by atoms with Gasteiger partial charge in [0.15, 0.2) is 5.82 Å². The monoisotopic (exact) mass is 232 g/mol. The molecule has 90 valence electrons. The van der Waals surface area contributed by atoms with Crippen LogP contribution in [0, 0.1) is 0 Å². The normalized spacial score (nSPS) is 10.5. The molecule has 0 radical (unpaired) electrons. The van der Waals surface area contributed by atoms with Crippen molar-refractivity contribution in [2.24, 2.45) is 0 Å². The Balaban J connectivity index is 2.08. The van der Waals surface area contributed by atoms with E-state index in [1.165, 1.54) is 0 Å². The van der Waals surface area contributed by atoms with Gasteiger partial charge in [-0.15, -0.1) is 0 Å². The number of hydrogen-bond acceptors (Lipinski definition) is 4. The number of hydrogen-bond donors (Lipinski definition) is 1. The van der Waals surface area contributed by atoms with E-state index in [1.54, 1.807) is 13.4 Å². The van der Waals surface area contributed by atoms with Crippen LogP contribution in [0.15, 0.2) is 30.6 Å². The molecule has 0 bridgehead atoms. The van der Waals surface area contributed by atoms with Crippen molar-refractivity contribution in [3.63, 3.8) is 0 Å². The van der Waals surface area contributed by atoms with Gasteiger partial charge in [0.25, 0.3) is 0 Å². The molecule has 0 aliphatic carbocycles. The molecule has 1 aromatic carbocycles. The Morgan fingerprint density at radius 2 is 2.29 bits per heavy atom. The number of nitrogens with zero attached hydrogens (tertiary/aromatic N) is 3. The average Bonchev–Trinajstić information content (AvgIpc) is 2.77. The first kappa shape index (κ1) is 11.6. The van der Waals surface area contributed by atoms with Crippen molar-refractivity contribution in [1.82, 2.24) is 20.1 Å². The Morgan fingerprint density at radius 1 is 1.41 bits per heavy atom. The van der Waals surface area contributed by atoms with E-state index in [-0.39, 0.29) is 0 Å². The summed E-state index contributed by atoms with van der Waals surface area (Å²) < 4.78 is 7.00. The summed E-state index contributed by atoms with van der Waals surface area (Å²) in [6.45, 7) is 1.39. The Bertz CT molecular complexity index is 481. The van der Waals surface area contributed by atoms with Gasteiger partial charge in [-0.2, -0.15) is 5.10 Å². The molecule has 5 heteroatoms. The quantitative estimate of drug-likeness (QED) is 0.837. The molecule has 0 aliphatic rings. The maximum Gasteiger partial charge on any atom is 0.164 e. The van der Waals surface area contributed by atoms with Crippen LogP contribution in [0.5, 0.6) is 5.75 Å². The number of methoxy groups -OCH3 is 1. The molecule has 1 N–H and O–H groups in total. The zero-order valence-electron chi connectivity index (χ0n) is 10.1. The predicted molar refractivity (Wildman–Crippen MR) is 64.9 cm³/mol. The summed E-state index contributed by atoms with van der Waals surface area (Å²) in [6, 6.07) is 7.94. The molecule has 0 atom stereocenters. The van der Waals surface area contributed by atoms with E-state index >= 15 is 0 Å². The lowest BCUT2D eigenvalue weighted by Gasteiger charge is -2.04. The van der Waals surface area contributed by atoms with Gasteiger partial charge in [-0.1, -0.05) is 12.1 Å². The molecular formula is C12H16N4O. The molecule has 1 aromatic heterocycles. The second-order valence-corrected chi connectivity index (χ2v) is 3.74. The summed E-state index contributed by atoms with van der Waals surface area (Å²) in [5, 5.41) is 7.37. The molecule has 0 fully saturated rings. The molecule has 0 aliphatic heterocycles. The third-order valence-corrected chi connectivity index (χ3v) is 2.40. The van der Waals surface area contributed by atoms with Crippen LogP contribution in [-0.2, 0) is 13.1 Å². The average molecular weight is 232 g/mol. The summed E-state index contributed by atoms with van der Waals surface area (Å²) in [5.41, 5.74) is 1.14. The van der Waals surface area contributed by atoms with E-state index in [0.29, 0.717) is 13.1 Å². The first-order valence-corrected chi connectivity index (χ1v) is 5.47. The summed E-state index contributed by atoms with van der Waals surface area (Å²) in [4.78, 5) is 4.20. The molecule has 0 saturated carbocycles. The first-order chi connectivity index (χ1) is 8.31. The summed E-state index contributed by atoms with van der Waals surface area (Å²) >= 11 is 0. The van der Waals surface area contributed by atoms with Crippen LogP contribution in [0.3, 0.4) is 0 Å². The smallest absolute Gasteiger partial charge is 0.164 e. The summed E-state index contributed by atoms with van der Waals surface area (Å²) in [5.74, 6) is 1.66. The van der Waals surface area contributed by atoms with Crippen molar-refractivity contribution in [1.29, 1.82) is 0 Å². The molecular weight excluding hydrogens is 216 g/mol. The van der Waals surface area contributed by atoms with Gasteiger partial charge >= 0.3 is 0 Å². The van der Waals surface area contributed by atoms with Gasteiger partial charge in [0.05, 0.1) is 20.2 Å². The lowest BCUT2D eigenvalue weighted by molar-refractivity contribution is 0.414. The number of rotatable bonds is 5. The zero-order valence-corrected chi connectivity index (χ0v) is 10.1. The van der Waals surface area contributed by atoms with Crippen molar-refractivity contribution in [3.8, 4) is 5.75 Å². The molecule has 2 rings (SSSR count). The second-order valence-electron chi connectivity index (χ2n) is 3.74. The Hall–Kier alpha value is -1.88. The second kappa shape index (κ2) is 5.45. The fraction of sp³-hybridized carbons (Fsp3) is 0.333. The fourth-order valence-corrected chi connectivity index (χ4v) is 1.61. The fourth-order valence-electron chi connectivity index (χ4n) is 1.61. The highest BCUT2D eigenvalue weighted by molar-refractivity contribution is 5.28. The number of ether oxygens (including phenoxy) is 1. The molecule has 0 saturated heterocycles. The third kappa shape index (κ3) is 3.04. The van der Waals surface area contributed by atoms with Gasteiger partial charge in [-0.05, 0) is 24.7 Å². The molecule has 17 heavy (non-hydrogen) atoms.